The number of aromatic nitrogens is 2. The third-order valence-corrected chi connectivity index (χ3v) is 2.87. The first-order valence-corrected chi connectivity index (χ1v) is 5.53. The second kappa shape index (κ2) is 5.43. The van der Waals surface area contributed by atoms with Gasteiger partial charge >= 0.3 is 5.69 Å². The van der Waals surface area contributed by atoms with Crippen molar-refractivity contribution in [2.75, 3.05) is 6.61 Å². The molecule has 1 fully saturated rings. The van der Waals surface area contributed by atoms with E-state index in [0.717, 1.165) is 0 Å². The summed E-state index contributed by atoms with van der Waals surface area (Å²) in [7, 11) is 0. The van der Waals surface area contributed by atoms with E-state index in [4.69, 9.17) is 15.4 Å². The van der Waals surface area contributed by atoms with E-state index in [-0.39, 0.29) is 6.42 Å². The van der Waals surface area contributed by atoms with Crippen molar-refractivity contribution in [1.29, 1.82) is 0 Å². The molecule has 1 aliphatic heterocycles. The lowest BCUT2D eigenvalue weighted by Crippen LogP contribution is -2.34. The van der Waals surface area contributed by atoms with Crippen LogP contribution < -0.4 is 11.2 Å². The summed E-state index contributed by atoms with van der Waals surface area (Å²) in [5.74, 6) is -2.27. The average molecular weight is 287 g/mol. The number of hydrogen-bond donors (Lipinski definition) is 3. The predicted octanol–water partition coefficient (Wildman–Crippen LogP) is -0.742. The van der Waals surface area contributed by atoms with Gasteiger partial charge < -0.3 is 14.9 Å². The van der Waals surface area contributed by atoms with E-state index in [1.807, 2.05) is 0 Å². The van der Waals surface area contributed by atoms with Crippen molar-refractivity contribution in [3.05, 3.63) is 37.1 Å². The van der Waals surface area contributed by atoms with Crippen molar-refractivity contribution in [2.45, 2.75) is 24.9 Å². The molecule has 0 aromatic carbocycles. The second-order valence-electron chi connectivity index (χ2n) is 4.07. The maximum absolute atomic E-state index is 13.6. The Morgan fingerprint density at radius 1 is 1.60 bits per heavy atom. The Kier molecular flexibility index (Phi) is 3.86. The first-order valence-electron chi connectivity index (χ1n) is 5.53. The van der Waals surface area contributed by atoms with Crippen molar-refractivity contribution in [1.82, 2.24) is 9.55 Å². The van der Waals surface area contributed by atoms with Gasteiger partial charge in [0, 0.05) is 11.3 Å². The summed E-state index contributed by atoms with van der Waals surface area (Å²) in [6.45, 7) is -0.505. The Labute approximate surface area is 109 Å². The molecule has 11 heteroatoms. The molecular formula is C9H10FN5O5. The number of aliphatic hydroxyl groups excluding tert-OH is 2. The van der Waals surface area contributed by atoms with Gasteiger partial charge in [-0.05, 0) is 10.6 Å². The molecule has 20 heavy (non-hydrogen) atoms. The lowest BCUT2D eigenvalue weighted by molar-refractivity contribution is -0.0455. The fourth-order valence-electron chi connectivity index (χ4n) is 1.95. The Morgan fingerprint density at radius 2 is 2.30 bits per heavy atom. The first kappa shape index (κ1) is 14.2. The third-order valence-electron chi connectivity index (χ3n) is 2.87. The van der Waals surface area contributed by atoms with Crippen LogP contribution in [0.25, 0.3) is 10.4 Å². The molecule has 0 spiro atoms. The minimum Gasteiger partial charge on any atom is -0.394 e. The Hall–Kier alpha value is -2.20. The quantitative estimate of drug-likeness (QED) is 0.379. The minimum absolute atomic E-state index is 0.134. The first-order chi connectivity index (χ1) is 9.49. The molecule has 1 aromatic rings. The molecule has 2 rings (SSSR count). The van der Waals surface area contributed by atoms with E-state index in [1.54, 1.807) is 4.98 Å². The molecule has 0 radical (unpaired) electrons. The highest BCUT2D eigenvalue weighted by atomic mass is 19.1. The van der Waals surface area contributed by atoms with Crippen LogP contribution in [0.5, 0.6) is 0 Å². The normalized spacial score (nSPS) is 25.4. The van der Waals surface area contributed by atoms with E-state index in [2.05, 4.69) is 10.0 Å². The van der Waals surface area contributed by atoms with Gasteiger partial charge in [-0.25, -0.2) is 4.79 Å². The molecule has 1 aliphatic rings. The molecule has 3 atom stereocenters. The maximum Gasteiger partial charge on any atom is 0.331 e. The predicted molar refractivity (Wildman–Crippen MR) is 61.7 cm³/mol. The number of aliphatic hydroxyl groups is 2. The molecule has 0 saturated carbocycles. The summed E-state index contributed by atoms with van der Waals surface area (Å²) in [5.41, 5.74) is 6.00. The van der Waals surface area contributed by atoms with Gasteiger partial charge in [-0.1, -0.05) is 0 Å². The summed E-state index contributed by atoms with van der Waals surface area (Å²) in [6.07, 6.45) is -3.34. The van der Waals surface area contributed by atoms with Crippen molar-refractivity contribution in [2.24, 2.45) is 5.11 Å². The van der Waals surface area contributed by atoms with Crippen molar-refractivity contribution in [3.63, 3.8) is 0 Å². The standard InChI is InChI=1S/C9H10FN5O5/c10-6-7(13-14-11)15(9(19)12-8(6)18)5-1-3(17)4(2-16)20-5/h3-5,16-17H,1-2H2,(H,12,18,19)/t3?,4-,5-/m0/s1. The van der Waals surface area contributed by atoms with E-state index in [9.17, 15) is 19.1 Å². The van der Waals surface area contributed by atoms with Crippen LogP contribution in [0.2, 0.25) is 0 Å². The fraction of sp³-hybridized carbons (Fsp3) is 0.556. The molecule has 0 aliphatic carbocycles. The number of ether oxygens (including phenoxy) is 1. The van der Waals surface area contributed by atoms with E-state index >= 15 is 0 Å². The summed E-state index contributed by atoms with van der Waals surface area (Å²) in [4.78, 5) is 26.9. The van der Waals surface area contributed by atoms with E-state index < -0.39 is 47.9 Å². The molecule has 3 N–H and O–H groups in total. The molecule has 0 amide bonds. The van der Waals surface area contributed by atoms with E-state index in [1.165, 1.54) is 0 Å². The Morgan fingerprint density at radius 3 is 2.85 bits per heavy atom. The number of nitrogens with one attached hydrogen (secondary N) is 1. The topological polar surface area (TPSA) is 153 Å². The van der Waals surface area contributed by atoms with Gasteiger partial charge in [0.05, 0.1) is 12.7 Å². The number of aromatic amines is 1. The van der Waals surface area contributed by atoms with Gasteiger partial charge in [-0.15, -0.1) is 0 Å². The number of halogens is 1. The lowest BCUT2D eigenvalue weighted by atomic mass is 10.2. The van der Waals surface area contributed by atoms with Crippen LogP contribution in [0.15, 0.2) is 14.7 Å². The van der Waals surface area contributed by atoms with Crippen LogP contribution in [0, 0.1) is 5.82 Å². The zero-order valence-electron chi connectivity index (χ0n) is 9.93. The number of rotatable bonds is 3. The summed E-state index contributed by atoms with van der Waals surface area (Å²) in [5, 5.41) is 21.5. The van der Waals surface area contributed by atoms with Crippen molar-refractivity contribution in [3.8, 4) is 0 Å². The number of hydrogen-bond acceptors (Lipinski definition) is 6. The van der Waals surface area contributed by atoms with Gasteiger partial charge in [0.15, 0.2) is 5.82 Å². The van der Waals surface area contributed by atoms with Gasteiger partial charge in [0.1, 0.15) is 12.3 Å². The van der Waals surface area contributed by atoms with Crippen LogP contribution in [0.1, 0.15) is 12.6 Å². The smallest absolute Gasteiger partial charge is 0.331 e. The molecule has 10 nitrogen and oxygen atoms in total. The SMILES string of the molecule is [N-]=[N+]=Nc1c(F)c(=O)[nH]c(=O)n1[C@@H]1CC(O)[C@H](CO)O1. The zero-order chi connectivity index (χ0) is 14.9. The zero-order valence-corrected chi connectivity index (χ0v) is 9.93. The fourth-order valence-corrected chi connectivity index (χ4v) is 1.95. The highest BCUT2D eigenvalue weighted by Crippen LogP contribution is 2.30. The largest absolute Gasteiger partial charge is 0.394 e. The lowest BCUT2D eigenvalue weighted by Gasteiger charge is -2.16. The number of nitrogens with zero attached hydrogens (tertiary/aromatic N) is 4. The van der Waals surface area contributed by atoms with Crippen LogP contribution in [-0.4, -0.2) is 38.6 Å². The molecule has 2 heterocycles. The average Bonchev–Trinajstić information content (AvgIpc) is 2.76. The molecule has 1 aromatic heterocycles. The third kappa shape index (κ3) is 2.30. The van der Waals surface area contributed by atoms with Gasteiger partial charge in [0.25, 0.3) is 5.56 Å². The van der Waals surface area contributed by atoms with Crippen LogP contribution in [0.4, 0.5) is 10.2 Å². The van der Waals surface area contributed by atoms with E-state index in [0.29, 0.717) is 4.57 Å². The maximum atomic E-state index is 13.6. The summed E-state index contributed by atoms with van der Waals surface area (Å²) in [6, 6.07) is 0. The second-order valence-corrected chi connectivity index (χ2v) is 4.07. The van der Waals surface area contributed by atoms with Crippen LogP contribution >= 0.6 is 0 Å². The van der Waals surface area contributed by atoms with Gasteiger partial charge in [-0.2, -0.15) is 4.39 Å². The molecule has 1 unspecified atom stereocenters. The Balaban J connectivity index is 2.57. The summed E-state index contributed by atoms with van der Waals surface area (Å²) < 4.78 is 19.4. The molecular weight excluding hydrogens is 277 g/mol. The van der Waals surface area contributed by atoms with Gasteiger partial charge in [0.2, 0.25) is 5.82 Å². The Bertz CT molecular complexity index is 678. The minimum atomic E-state index is -1.44. The molecule has 1 saturated heterocycles. The monoisotopic (exact) mass is 287 g/mol. The molecule has 108 valence electrons. The van der Waals surface area contributed by atoms with Gasteiger partial charge in [-0.3, -0.25) is 14.3 Å². The summed E-state index contributed by atoms with van der Waals surface area (Å²) >= 11 is 0. The molecule has 0 bridgehead atoms. The van der Waals surface area contributed by atoms with Crippen LogP contribution in [0.3, 0.4) is 0 Å². The van der Waals surface area contributed by atoms with Crippen LogP contribution in [-0.2, 0) is 4.74 Å². The number of azide groups is 1. The van der Waals surface area contributed by atoms with Crippen molar-refractivity contribution >= 4 is 5.82 Å². The number of H-pyrrole nitrogens is 1. The highest BCUT2D eigenvalue weighted by molar-refractivity contribution is 5.28. The highest BCUT2D eigenvalue weighted by Gasteiger charge is 2.36. The van der Waals surface area contributed by atoms with Crippen molar-refractivity contribution < 1.29 is 19.3 Å².